The minimum absolute atomic E-state index is 0.746. The Labute approximate surface area is 118 Å². The van der Waals surface area contributed by atoms with E-state index in [2.05, 4.69) is 15.1 Å². The van der Waals surface area contributed by atoms with Crippen molar-refractivity contribution in [2.45, 2.75) is 0 Å². The van der Waals surface area contributed by atoms with Crippen molar-refractivity contribution in [1.29, 1.82) is 0 Å². The van der Waals surface area contributed by atoms with Gasteiger partial charge < -0.3 is 14.4 Å². The number of anilines is 1. The average Bonchev–Trinajstić information content (AvgIpc) is 2.56. The maximum atomic E-state index is 5.35. The van der Waals surface area contributed by atoms with Crippen molar-refractivity contribution < 1.29 is 9.47 Å². The molecule has 2 heterocycles. The van der Waals surface area contributed by atoms with Crippen molar-refractivity contribution in [2.75, 3.05) is 38.3 Å². The largest absolute Gasteiger partial charge is 0.496 e. The predicted molar refractivity (Wildman–Crippen MR) is 77.1 cm³/mol. The summed E-state index contributed by atoms with van der Waals surface area (Å²) >= 11 is 0. The van der Waals surface area contributed by atoms with Gasteiger partial charge in [-0.05, 0) is 24.3 Å². The Hall–Kier alpha value is -2.14. The molecule has 1 aromatic carbocycles. The Morgan fingerprint density at radius 2 is 1.85 bits per heavy atom. The fraction of sp³-hybridized carbons (Fsp3) is 0.333. The van der Waals surface area contributed by atoms with Crippen LogP contribution in [0.4, 0.5) is 5.82 Å². The third-order valence-corrected chi connectivity index (χ3v) is 3.37. The van der Waals surface area contributed by atoms with Gasteiger partial charge in [-0.15, -0.1) is 10.2 Å². The van der Waals surface area contributed by atoms with Crippen LogP contribution in [0.25, 0.3) is 11.3 Å². The number of nitrogens with zero attached hydrogens (tertiary/aromatic N) is 3. The number of ether oxygens (including phenoxy) is 2. The molecule has 104 valence electrons. The van der Waals surface area contributed by atoms with E-state index < -0.39 is 0 Å². The summed E-state index contributed by atoms with van der Waals surface area (Å²) in [6, 6.07) is 11.8. The molecule has 0 spiro atoms. The second-order valence-electron chi connectivity index (χ2n) is 4.58. The molecular formula is C15H17N3O2. The Kier molecular flexibility index (Phi) is 3.78. The minimum atomic E-state index is 0.746. The maximum Gasteiger partial charge on any atom is 0.151 e. The van der Waals surface area contributed by atoms with Crippen LogP contribution in [0.15, 0.2) is 36.4 Å². The summed E-state index contributed by atoms with van der Waals surface area (Å²) in [4.78, 5) is 2.18. The van der Waals surface area contributed by atoms with Crippen molar-refractivity contribution in [3.05, 3.63) is 36.4 Å². The summed E-state index contributed by atoms with van der Waals surface area (Å²) in [6.07, 6.45) is 0. The van der Waals surface area contributed by atoms with Gasteiger partial charge in [-0.1, -0.05) is 12.1 Å². The van der Waals surface area contributed by atoms with Gasteiger partial charge in [0, 0.05) is 18.7 Å². The molecule has 0 amide bonds. The van der Waals surface area contributed by atoms with E-state index in [4.69, 9.17) is 9.47 Å². The van der Waals surface area contributed by atoms with E-state index in [1.165, 1.54) is 0 Å². The molecule has 0 saturated carbocycles. The summed E-state index contributed by atoms with van der Waals surface area (Å²) in [6.45, 7) is 3.22. The van der Waals surface area contributed by atoms with E-state index in [-0.39, 0.29) is 0 Å². The fourth-order valence-electron chi connectivity index (χ4n) is 2.29. The molecule has 1 saturated heterocycles. The van der Waals surface area contributed by atoms with E-state index in [0.717, 1.165) is 49.1 Å². The highest BCUT2D eigenvalue weighted by Crippen LogP contribution is 2.28. The number of benzene rings is 1. The Morgan fingerprint density at radius 1 is 1.05 bits per heavy atom. The summed E-state index contributed by atoms with van der Waals surface area (Å²) in [5.41, 5.74) is 1.77. The number of hydrogen-bond acceptors (Lipinski definition) is 5. The van der Waals surface area contributed by atoms with Gasteiger partial charge in [0.2, 0.25) is 0 Å². The van der Waals surface area contributed by atoms with Gasteiger partial charge in [0.1, 0.15) is 5.75 Å². The third-order valence-electron chi connectivity index (χ3n) is 3.37. The number of methoxy groups -OCH3 is 1. The molecular weight excluding hydrogens is 254 g/mol. The molecule has 5 nitrogen and oxygen atoms in total. The van der Waals surface area contributed by atoms with Gasteiger partial charge in [0.25, 0.3) is 0 Å². The van der Waals surface area contributed by atoms with E-state index in [1.54, 1.807) is 7.11 Å². The van der Waals surface area contributed by atoms with Gasteiger partial charge >= 0.3 is 0 Å². The van der Waals surface area contributed by atoms with Crippen LogP contribution in [0.3, 0.4) is 0 Å². The second-order valence-corrected chi connectivity index (χ2v) is 4.58. The smallest absolute Gasteiger partial charge is 0.151 e. The van der Waals surface area contributed by atoms with Gasteiger partial charge in [-0.2, -0.15) is 0 Å². The Morgan fingerprint density at radius 3 is 2.55 bits per heavy atom. The number of aromatic nitrogens is 2. The molecule has 0 radical (unpaired) electrons. The first-order valence-corrected chi connectivity index (χ1v) is 6.68. The molecule has 1 fully saturated rings. The maximum absolute atomic E-state index is 5.35. The lowest BCUT2D eigenvalue weighted by atomic mass is 10.1. The first-order valence-electron chi connectivity index (χ1n) is 6.68. The van der Waals surface area contributed by atoms with E-state index in [1.807, 2.05) is 36.4 Å². The van der Waals surface area contributed by atoms with Gasteiger partial charge in [-0.25, -0.2) is 0 Å². The van der Waals surface area contributed by atoms with Crippen molar-refractivity contribution in [3.63, 3.8) is 0 Å². The molecule has 1 aromatic heterocycles. The molecule has 0 aliphatic carbocycles. The van der Waals surface area contributed by atoms with Crippen LogP contribution in [0.2, 0.25) is 0 Å². The number of para-hydroxylation sites is 1. The zero-order chi connectivity index (χ0) is 13.8. The van der Waals surface area contributed by atoms with E-state index in [0.29, 0.717) is 0 Å². The molecule has 2 aromatic rings. The van der Waals surface area contributed by atoms with Gasteiger partial charge in [0.15, 0.2) is 5.82 Å². The van der Waals surface area contributed by atoms with Crippen LogP contribution < -0.4 is 9.64 Å². The molecule has 1 aliphatic heterocycles. The fourth-order valence-corrected chi connectivity index (χ4v) is 2.29. The topological polar surface area (TPSA) is 47.5 Å². The van der Waals surface area contributed by atoms with E-state index in [9.17, 15) is 0 Å². The zero-order valence-corrected chi connectivity index (χ0v) is 11.5. The molecule has 0 bridgehead atoms. The molecule has 0 N–H and O–H groups in total. The lowest BCUT2D eigenvalue weighted by Crippen LogP contribution is -2.36. The summed E-state index contributed by atoms with van der Waals surface area (Å²) < 4.78 is 10.7. The molecule has 0 unspecified atom stereocenters. The summed E-state index contributed by atoms with van der Waals surface area (Å²) in [7, 11) is 1.66. The highest BCUT2D eigenvalue weighted by molar-refractivity contribution is 5.67. The number of rotatable bonds is 3. The third kappa shape index (κ3) is 2.58. The van der Waals surface area contributed by atoms with Crippen molar-refractivity contribution >= 4 is 5.82 Å². The van der Waals surface area contributed by atoms with Crippen molar-refractivity contribution in [1.82, 2.24) is 10.2 Å². The lowest BCUT2D eigenvalue weighted by molar-refractivity contribution is 0.122. The first kappa shape index (κ1) is 12.9. The van der Waals surface area contributed by atoms with Crippen LogP contribution in [-0.2, 0) is 4.74 Å². The van der Waals surface area contributed by atoms with Gasteiger partial charge in [0.05, 0.1) is 26.0 Å². The first-order chi connectivity index (χ1) is 9.88. The van der Waals surface area contributed by atoms with Crippen LogP contribution >= 0.6 is 0 Å². The minimum Gasteiger partial charge on any atom is -0.496 e. The van der Waals surface area contributed by atoms with Gasteiger partial charge in [-0.3, -0.25) is 0 Å². The second kappa shape index (κ2) is 5.88. The highest BCUT2D eigenvalue weighted by atomic mass is 16.5. The monoisotopic (exact) mass is 271 g/mol. The average molecular weight is 271 g/mol. The molecule has 1 aliphatic rings. The molecule has 5 heteroatoms. The van der Waals surface area contributed by atoms with Crippen LogP contribution in [-0.4, -0.2) is 43.6 Å². The SMILES string of the molecule is COc1ccccc1-c1ccc(N2CCOCC2)nn1. The van der Waals surface area contributed by atoms with Crippen LogP contribution in [0.5, 0.6) is 5.75 Å². The standard InChI is InChI=1S/C15H17N3O2/c1-19-14-5-3-2-4-12(14)13-6-7-15(17-16-13)18-8-10-20-11-9-18/h2-7H,8-11H2,1H3. The summed E-state index contributed by atoms with van der Waals surface area (Å²) in [5.74, 6) is 1.70. The quantitative estimate of drug-likeness (QED) is 0.854. The molecule has 3 rings (SSSR count). The Bertz CT molecular complexity index is 566. The van der Waals surface area contributed by atoms with Crippen molar-refractivity contribution in [2.24, 2.45) is 0 Å². The van der Waals surface area contributed by atoms with Crippen LogP contribution in [0.1, 0.15) is 0 Å². The predicted octanol–water partition coefficient (Wildman–Crippen LogP) is 1.99. The Balaban J connectivity index is 1.85. The zero-order valence-electron chi connectivity index (χ0n) is 11.5. The highest BCUT2D eigenvalue weighted by Gasteiger charge is 2.13. The molecule has 20 heavy (non-hydrogen) atoms. The van der Waals surface area contributed by atoms with E-state index >= 15 is 0 Å². The van der Waals surface area contributed by atoms with Crippen molar-refractivity contribution in [3.8, 4) is 17.0 Å². The normalized spacial score (nSPS) is 15.2. The number of hydrogen-bond donors (Lipinski definition) is 0. The van der Waals surface area contributed by atoms with Crippen LogP contribution in [0, 0.1) is 0 Å². The summed E-state index contributed by atoms with van der Waals surface area (Å²) in [5, 5.41) is 8.64. The lowest BCUT2D eigenvalue weighted by Gasteiger charge is -2.27. The number of morpholine rings is 1. The molecule has 0 atom stereocenters.